The summed E-state index contributed by atoms with van der Waals surface area (Å²) in [4.78, 5) is 30.8. The molecule has 1 heterocycles. The Bertz CT molecular complexity index is 978. The number of nitrogens with one attached hydrogen (secondary N) is 1. The first-order chi connectivity index (χ1) is 13.5. The average molecular weight is 398 g/mol. The van der Waals surface area contributed by atoms with Crippen molar-refractivity contribution in [1.29, 1.82) is 0 Å². The van der Waals surface area contributed by atoms with Gasteiger partial charge in [0.1, 0.15) is 5.01 Å². The Morgan fingerprint density at radius 2 is 1.93 bits per heavy atom. The van der Waals surface area contributed by atoms with E-state index in [2.05, 4.69) is 10.3 Å². The van der Waals surface area contributed by atoms with Gasteiger partial charge < -0.3 is 15.0 Å². The topological polar surface area (TPSA) is 71.5 Å². The van der Waals surface area contributed by atoms with E-state index in [1.807, 2.05) is 56.3 Å². The van der Waals surface area contributed by atoms with Gasteiger partial charge in [-0.3, -0.25) is 0 Å². The summed E-state index contributed by atoms with van der Waals surface area (Å²) in [5, 5.41) is 7.41. The number of amides is 2. The molecule has 2 aromatic carbocycles. The molecule has 146 valence electrons. The van der Waals surface area contributed by atoms with Crippen LogP contribution in [0.4, 0.5) is 10.5 Å². The third kappa shape index (κ3) is 4.48. The number of fused-ring (bicyclic) bond motifs is 1. The molecule has 1 N–H and O–H groups in total. The molecule has 0 aliphatic heterocycles. The lowest BCUT2D eigenvalue weighted by Crippen LogP contribution is -2.39. The molecule has 0 aliphatic rings. The van der Waals surface area contributed by atoms with Gasteiger partial charge >= 0.3 is 12.0 Å². The number of ether oxygens (including phenoxy) is 1. The van der Waals surface area contributed by atoms with Gasteiger partial charge in [-0.25, -0.2) is 14.6 Å². The molecule has 0 atom stereocenters. The molecule has 3 aromatic rings. The number of urea groups is 1. The number of carbonyl (C=O) groups is 2. The van der Waals surface area contributed by atoms with Crippen LogP contribution in [0.5, 0.6) is 0 Å². The Morgan fingerprint density at radius 1 is 1.18 bits per heavy atom. The van der Waals surface area contributed by atoms with Crippen LogP contribution >= 0.6 is 11.3 Å². The zero-order valence-corrected chi connectivity index (χ0v) is 17.0. The Morgan fingerprint density at radius 3 is 2.68 bits per heavy atom. The quantitative estimate of drug-likeness (QED) is 0.600. The van der Waals surface area contributed by atoms with Gasteiger partial charge in [0.05, 0.1) is 18.8 Å². The van der Waals surface area contributed by atoms with Crippen molar-refractivity contribution in [3.8, 4) is 0 Å². The fourth-order valence-electron chi connectivity index (χ4n) is 2.84. The van der Waals surface area contributed by atoms with Crippen LogP contribution in [0.25, 0.3) is 10.8 Å². The maximum atomic E-state index is 12.9. The second-order valence-electron chi connectivity index (χ2n) is 6.53. The highest BCUT2D eigenvalue weighted by atomic mass is 32.1. The highest BCUT2D eigenvalue weighted by Crippen LogP contribution is 2.24. The summed E-state index contributed by atoms with van der Waals surface area (Å²) in [5.41, 5.74) is 1.04. The van der Waals surface area contributed by atoms with E-state index < -0.39 is 5.97 Å². The number of thiazole rings is 1. The second kappa shape index (κ2) is 8.84. The zero-order chi connectivity index (χ0) is 20.1. The molecule has 0 radical (unpaired) electrons. The number of aromatic nitrogens is 1. The molecule has 2 amide bonds. The first-order valence-corrected chi connectivity index (χ1v) is 10.0. The first kappa shape index (κ1) is 19.8. The largest absolute Gasteiger partial charge is 0.461 e. The minimum atomic E-state index is -0.443. The summed E-state index contributed by atoms with van der Waals surface area (Å²) in [6, 6.07) is 13.5. The van der Waals surface area contributed by atoms with Crippen LogP contribution in [-0.4, -0.2) is 34.5 Å². The maximum Gasteiger partial charge on any atom is 0.357 e. The van der Waals surface area contributed by atoms with Gasteiger partial charge in [0.2, 0.25) is 0 Å². The summed E-state index contributed by atoms with van der Waals surface area (Å²) in [6.45, 7) is 6.27. The van der Waals surface area contributed by atoms with E-state index in [1.54, 1.807) is 17.2 Å². The standard InChI is InChI=1S/C21H23N3O3S/c1-4-27-20(25)18-13-28-19(22-18)12-24(14(2)3)21(26)23-17-11-7-9-15-8-5-6-10-16(15)17/h5-11,13-14H,4,12H2,1-3H3,(H,23,26). The number of anilines is 1. The Labute approximate surface area is 168 Å². The Balaban J connectivity index is 1.76. The molecule has 6 nitrogen and oxygen atoms in total. The molecule has 28 heavy (non-hydrogen) atoms. The molecule has 0 aliphatic carbocycles. The van der Waals surface area contributed by atoms with E-state index in [0.29, 0.717) is 18.2 Å². The lowest BCUT2D eigenvalue weighted by molar-refractivity contribution is 0.0520. The van der Waals surface area contributed by atoms with Crippen LogP contribution in [0.1, 0.15) is 36.3 Å². The molecule has 0 unspecified atom stereocenters. The molecule has 0 fully saturated rings. The van der Waals surface area contributed by atoms with Crippen molar-refractivity contribution >= 4 is 39.8 Å². The van der Waals surface area contributed by atoms with Crippen molar-refractivity contribution in [3.63, 3.8) is 0 Å². The molecule has 1 aromatic heterocycles. The van der Waals surface area contributed by atoms with Gasteiger partial charge in [0.15, 0.2) is 5.69 Å². The summed E-state index contributed by atoms with van der Waals surface area (Å²) >= 11 is 1.34. The van der Waals surface area contributed by atoms with E-state index in [4.69, 9.17) is 4.74 Å². The van der Waals surface area contributed by atoms with Crippen molar-refractivity contribution in [2.45, 2.75) is 33.4 Å². The number of nitrogens with zero attached hydrogens (tertiary/aromatic N) is 2. The predicted molar refractivity (Wildman–Crippen MR) is 112 cm³/mol. The molecular formula is C21H23N3O3S. The minimum absolute atomic E-state index is 0.0371. The van der Waals surface area contributed by atoms with E-state index >= 15 is 0 Å². The summed E-state index contributed by atoms with van der Waals surface area (Å²) in [7, 11) is 0. The SMILES string of the molecule is CCOC(=O)c1csc(CN(C(=O)Nc2cccc3ccccc23)C(C)C)n1. The van der Waals surface area contributed by atoms with Crippen LogP contribution < -0.4 is 5.32 Å². The van der Waals surface area contributed by atoms with Crippen molar-refractivity contribution in [1.82, 2.24) is 9.88 Å². The Kier molecular flexibility index (Phi) is 6.26. The van der Waals surface area contributed by atoms with Gasteiger partial charge in [-0.1, -0.05) is 36.4 Å². The van der Waals surface area contributed by atoms with Crippen molar-refractivity contribution in [3.05, 3.63) is 58.5 Å². The number of rotatable bonds is 6. The molecule has 0 spiro atoms. The van der Waals surface area contributed by atoms with Crippen LogP contribution in [0, 0.1) is 0 Å². The van der Waals surface area contributed by atoms with Gasteiger partial charge in [-0.15, -0.1) is 11.3 Å². The fraction of sp³-hybridized carbons (Fsp3) is 0.286. The normalized spacial score (nSPS) is 10.9. The lowest BCUT2D eigenvalue weighted by atomic mass is 10.1. The van der Waals surface area contributed by atoms with E-state index in [0.717, 1.165) is 16.5 Å². The molecule has 0 bridgehead atoms. The smallest absolute Gasteiger partial charge is 0.357 e. The number of benzene rings is 2. The van der Waals surface area contributed by atoms with E-state index in [1.165, 1.54) is 11.3 Å². The van der Waals surface area contributed by atoms with E-state index in [-0.39, 0.29) is 17.8 Å². The summed E-state index contributed by atoms with van der Waals surface area (Å²) < 4.78 is 4.97. The van der Waals surface area contributed by atoms with Gasteiger partial charge in [-0.05, 0) is 32.2 Å². The van der Waals surface area contributed by atoms with Crippen LogP contribution in [-0.2, 0) is 11.3 Å². The molecular weight excluding hydrogens is 374 g/mol. The summed E-state index contributed by atoms with van der Waals surface area (Å²) in [6.07, 6.45) is 0. The van der Waals surface area contributed by atoms with Gasteiger partial charge in [0, 0.05) is 16.8 Å². The number of hydrogen-bond acceptors (Lipinski definition) is 5. The predicted octanol–water partition coefficient (Wildman–Crippen LogP) is 4.92. The fourth-order valence-corrected chi connectivity index (χ4v) is 3.60. The maximum absolute atomic E-state index is 12.9. The van der Waals surface area contributed by atoms with Gasteiger partial charge in [0.25, 0.3) is 0 Å². The Hall–Kier alpha value is -2.93. The van der Waals surface area contributed by atoms with Crippen LogP contribution in [0.2, 0.25) is 0 Å². The summed E-state index contributed by atoms with van der Waals surface area (Å²) in [5.74, 6) is -0.443. The molecule has 7 heteroatoms. The highest BCUT2D eigenvalue weighted by Gasteiger charge is 2.21. The average Bonchev–Trinajstić information content (AvgIpc) is 3.15. The van der Waals surface area contributed by atoms with Gasteiger partial charge in [-0.2, -0.15) is 0 Å². The molecule has 0 saturated carbocycles. The third-order valence-electron chi connectivity index (χ3n) is 4.26. The highest BCUT2D eigenvalue weighted by molar-refractivity contribution is 7.09. The van der Waals surface area contributed by atoms with Crippen LogP contribution in [0.15, 0.2) is 47.8 Å². The first-order valence-electron chi connectivity index (χ1n) is 9.16. The monoisotopic (exact) mass is 397 g/mol. The van der Waals surface area contributed by atoms with Crippen LogP contribution in [0.3, 0.4) is 0 Å². The lowest BCUT2D eigenvalue weighted by Gasteiger charge is -2.26. The second-order valence-corrected chi connectivity index (χ2v) is 7.47. The minimum Gasteiger partial charge on any atom is -0.461 e. The molecule has 0 saturated heterocycles. The third-order valence-corrected chi connectivity index (χ3v) is 5.09. The van der Waals surface area contributed by atoms with Crippen molar-refractivity contribution in [2.24, 2.45) is 0 Å². The zero-order valence-electron chi connectivity index (χ0n) is 16.1. The van der Waals surface area contributed by atoms with Crippen molar-refractivity contribution in [2.75, 3.05) is 11.9 Å². The molecule has 3 rings (SSSR count). The van der Waals surface area contributed by atoms with E-state index in [9.17, 15) is 9.59 Å². The number of esters is 1. The number of hydrogen-bond donors (Lipinski definition) is 1. The van der Waals surface area contributed by atoms with Crippen molar-refractivity contribution < 1.29 is 14.3 Å². The number of carbonyl (C=O) groups excluding carboxylic acids is 2.